The van der Waals surface area contributed by atoms with Crippen molar-refractivity contribution < 1.29 is 9.53 Å². The quantitative estimate of drug-likeness (QED) is 0.363. The second kappa shape index (κ2) is 11.0. The Balaban J connectivity index is 1.45. The normalized spacial score (nSPS) is 10.8. The van der Waals surface area contributed by atoms with E-state index in [0.717, 1.165) is 29.0 Å². The van der Waals surface area contributed by atoms with Gasteiger partial charge in [0.2, 0.25) is 5.91 Å². The van der Waals surface area contributed by atoms with Crippen molar-refractivity contribution in [2.75, 3.05) is 19.4 Å². The first-order valence-electron chi connectivity index (χ1n) is 11.0. The van der Waals surface area contributed by atoms with Crippen molar-refractivity contribution in [2.24, 2.45) is 0 Å². The van der Waals surface area contributed by atoms with Gasteiger partial charge in [-0.15, -0.1) is 10.2 Å². The number of aromatic nitrogens is 4. The van der Waals surface area contributed by atoms with Gasteiger partial charge in [0, 0.05) is 24.5 Å². The molecule has 0 radical (unpaired) electrons. The van der Waals surface area contributed by atoms with Crippen LogP contribution in [-0.2, 0) is 11.2 Å². The second-order valence-corrected chi connectivity index (χ2v) is 8.83. The second-order valence-electron chi connectivity index (χ2n) is 7.88. The number of carbonyl (C=O) groups is 1. The summed E-state index contributed by atoms with van der Waals surface area (Å²) in [7, 11) is 1.65. The summed E-state index contributed by atoms with van der Waals surface area (Å²) in [6.07, 6.45) is 4.22. The Morgan fingerprint density at radius 2 is 1.76 bits per heavy atom. The van der Waals surface area contributed by atoms with Crippen LogP contribution in [-0.4, -0.2) is 45.1 Å². The number of thioether (sulfide) groups is 1. The zero-order chi connectivity index (χ0) is 23.9. The maximum atomic E-state index is 12.5. The fraction of sp³-hybridized carbons (Fsp3) is 0.231. The molecule has 0 saturated carbocycles. The lowest BCUT2D eigenvalue weighted by molar-refractivity contribution is -0.118. The van der Waals surface area contributed by atoms with Gasteiger partial charge in [-0.1, -0.05) is 30.0 Å². The van der Waals surface area contributed by atoms with Gasteiger partial charge in [0.15, 0.2) is 11.0 Å². The van der Waals surface area contributed by atoms with Gasteiger partial charge in [0.1, 0.15) is 5.75 Å². The number of ether oxygens (including phenoxy) is 1. The van der Waals surface area contributed by atoms with Crippen molar-refractivity contribution in [1.29, 1.82) is 0 Å². The van der Waals surface area contributed by atoms with E-state index in [9.17, 15) is 4.79 Å². The minimum absolute atomic E-state index is 0.0430. The van der Waals surface area contributed by atoms with E-state index in [2.05, 4.69) is 52.5 Å². The van der Waals surface area contributed by atoms with Crippen molar-refractivity contribution in [3.05, 3.63) is 83.7 Å². The van der Waals surface area contributed by atoms with E-state index in [-0.39, 0.29) is 11.7 Å². The number of hydrogen-bond donors (Lipinski definition) is 1. The smallest absolute Gasteiger partial charge is 0.230 e. The summed E-state index contributed by atoms with van der Waals surface area (Å²) in [5, 5.41) is 12.5. The number of methoxy groups -OCH3 is 1. The van der Waals surface area contributed by atoms with Crippen LogP contribution in [0.3, 0.4) is 0 Å². The van der Waals surface area contributed by atoms with E-state index >= 15 is 0 Å². The van der Waals surface area contributed by atoms with Crippen LogP contribution >= 0.6 is 11.8 Å². The Kier molecular flexibility index (Phi) is 7.59. The van der Waals surface area contributed by atoms with Gasteiger partial charge in [0.25, 0.3) is 0 Å². The van der Waals surface area contributed by atoms with Gasteiger partial charge in [-0.25, -0.2) is 0 Å². The van der Waals surface area contributed by atoms with E-state index in [4.69, 9.17) is 4.74 Å². The average molecular weight is 474 g/mol. The number of nitrogens with one attached hydrogen (secondary N) is 1. The number of hydrogen-bond acceptors (Lipinski definition) is 6. The molecule has 0 fully saturated rings. The molecule has 4 rings (SSSR count). The first kappa shape index (κ1) is 23.5. The molecule has 0 atom stereocenters. The van der Waals surface area contributed by atoms with Crippen LogP contribution in [0.5, 0.6) is 5.75 Å². The number of aryl methyl sites for hydroxylation is 2. The molecule has 1 N–H and O–H groups in total. The first-order valence-corrected chi connectivity index (χ1v) is 12.0. The number of carbonyl (C=O) groups excluding carboxylic acids is 1. The SMILES string of the molecule is COc1ccc(CCNC(=O)CSc2nnc(-c3ccncc3)n2-c2ccc(C)c(C)c2)cc1. The van der Waals surface area contributed by atoms with Crippen LogP contribution in [0, 0.1) is 13.8 Å². The summed E-state index contributed by atoms with van der Waals surface area (Å²) in [4.78, 5) is 16.6. The van der Waals surface area contributed by atoms with E-state index in [1.807, 2.05) is 41.0 Å². The fourth-order valence-electron chi connectivity index (χ4n) is 3.47. The lowest BCUT2D eigenvalue weighted by atomic mass is 10.1. The van der Waals surface area contributed by atoms with Crippen molar-refractivity contribution in [1.82, 2.24) is 25.1 Å². The topological polar surface area (TPSA) is 81.9 Å². The number of amides is 1. The minimum atomic E-state index is -0.0430. The maximum Gasteiger partial charge on any atom is 0.230 e. The highest BCUT2D eigenvalue weighted by Crippen LogP contribution is 2.28. The molecule has 0 aliphatic carbocycles. The summed E-state index contributed by atoms with van der Waals surface area (Å²) >= 11 is 1.37. The molecule has 0 aliphatic rings. The maximum absolute atomic E-state index is 12.5. The predicted octanol–water partition coefficient (Wildman–Crippen LogP) is 4.41. The third kappa shape index (κ3) is 5.63. The highest BCUT2D eigenvalue weighted by atomic mass is 32.2. The lowest BCUT2D eigenvalue weighted by Crippen LogP contribution is -2.27. The van der Waals surface area contributed by atoms with Gasteiger partial charge in [-0.2, -0.15) is 0 Å². The molecule has 174 valence electrons. The van der Waals surface area contributed by atoms with Gasteiger partial charge >= 0.3 is 0 Å². The largest absolute Gasteiger partial charge is 0.497 e. The molecular formula is C26H27N5O2S. The zero-order valence-corrected chi connectivity index (χ0v) is 20.3. The minimum Gasteiger partial charge on any atom is -0.497 e. The summed E-state index contributed by atoms with van der Waals surface area (Å²) in [5.41, 5.74) is 5.41. The van der Waals surface area contributed by atoms with Crippen molar-refractivity contribution in [3.8, 4) is 22.8 Å². The molecule has 0 spiro atoms. The molecule has 0 saturated heterocycles. The summed E-state index contributed by atoms with van der Waals surface area (Å²) in [5.74, 6) is 1.75. The van der Waals surface area contributed by atoms with Crippen LogP contribution in [0.15, 0.2) is 72.1 Å². The van der Waals surface area contributed by atoms with Crippen molar-refractivity contribution in [2.45, 2.75) is 25.4 Å². The molecule has 4 aromatic rings. The van der Waals surface area contributed by atoms with Crippen molar-refractivity contribution >= 4 is 17.7 Å². The molecule has 2 aromatic heterocycles. The molecule has 2 aromatic carbocycles. The van der Waals surface area contributed by atoms with Gasteiger partial charge in [-0.3, -0.25) is 14.3 Å². The Bertz CT molecular complexity index is 1260. The number of nitrogens with zero attached hydrogens (tertiary/aromatic N) is 4. The summed E-state index contributed by atoms with van der Waals surface area (Å²) < 4.78 is 7.18. The highest BCUT2D eigenvalue weighted by molar-refractivity contribution is 7.99. The molecule has 0 unspecified atom stereocenters. The summed E-state index contributed by atoms with van der Waals surface area (Å²) in [6.45, 7) is 4.73. The Hall–Kier alpha value is -3.65. The van der Waals surface area contributed by atoms with Crippen LogP contribution in [0.1, 0.15) is 16.7 Å². The fourth-order valence-corrected chi connectivity index (χ4v) is 4.25. The lowest BCUT2D eigenvalue weighted by Gasteiger charge is -2.12. The van der Waals surface area contributed by atoms with Gasteiger partial charge in [-0.05, 0) is 73.4 Å². The molecule has 8 heteroatoms. The predicted molar refractivity (Wildman–Crippen MR) is 134 cm³/mol. The molecule has 34 heavy (non-hydrogen) atoms. The number of benzene rings is 2. The van der Waals surface area contributed by atoms with E-state index in [0.29, 0.717) is 17.5 Å². The number of rotatable bonds is 9. The Morgan fingerprint density at radius 1 is 1.00 bits per heavy atom. The van der Waals surface area contributed by atoms with E-state index < -0.39 is 0 Å². The van der Waals surface area contributed by atoms with Crippen LogP contribution < -0.4 is 10.1 Å². The van der Waals surface area contributed by atoms with Crippen LogP contribution in [0.2, 0.25) is 0 Å². The molecule has 0 bridgehead atoms. The third-order valence-corrected chi connectivity index (χ3v) is 6.48. The third-order valence-electron chi connectivity index (χ3n) is 5.55. The Morgan fingerprint density at radius 3 is 2.47 bits per heavy atom. The van der Waals surface area contributed by atoms with E-state index in [1.54, 1.807) is 19.5 Å². The molecule has 2 heterocycles. The molecule has 0 aliphatic heterocycles. The Labute approximate surface area is 203 Å². The molecule has 7 nitrogen and oxygen atoms in total. The molecule has 1 amide bonds. The van der Waals surface area contributed by atoms with E-state index in [1.165, 1.54) is 22.9 Å². The zero-order valence-electron chi connectivity index (χ0n) is 19.5. The number of pyridine rings is 1. The molecular weight excluding hydrogens is 446 g/mol. The van der Waals surface area contributed by atoms with Crippen molar-refractivity contribution in [3.63, 3.8) is 0 Å². The highest BCUT2D eigenvalue weighted by Gasteiger charge is 2.17. The average Bonchev–Trinajstić information content (AvgIpc) is 3.29. The standard InChI is InChI=1S/C26H27N5O2S/c1-18-4-7-22(16-19(18)2)31-25(21-11-13-27-14-12-21)29-30-26(31)34-17-24(32)28-15-10-20-5-8-23(33-3)9-6-20/h4-9,11-14,16H,10,15,17H2,1-3H3,(H,28,32). The first-order chi connectivity index (χ1) is 16.5. The van der Waals surface area contributed by atoms with Gasteiger partial charge < -0.3 is 10.1 Å². The van der Waals surface area contributed by atoms with Gasteiger partial charge in [0.05, 0.1) is 18.6 Å². The van der Waals surface area contributed by atoms with Crippen LogP contribution in [0.25, 0.3) is 17.1 Å². The monoisotopic (exact) mass is 473 g/mol. The van der Waals surface area contributed by atoms with Crippen LogP contribution in [0.4, 0.5) is 0 Å². The summed E-state index contributed by atoms with van der Waals surface area (Å²) in [6, 6.07) is 17.9.